The van der Waals surface area contributed by atoms with Crippen molar-refractivity contribution < 1.29 is 9.53 Å². The first-order chi connectivity index (χ1) is 9.22. The van der Waals surface area contributed by atoms with Gasteiger partial charge in [0.15, 0.2) is 0 Å². The van der Waals surface area contributed by atoms with Crippen LogP contribution in [0.4, 0.5) is 0 Å². The number of benzene rings is 1. The fourth-order valence-corrected chi connectivity index (χ4v) is 1.72. The van der Waals surface area contributed by atoms with E-state index in [1.165, 1.54) is 12.3 Å². The molecule has 0 aliphatic heterocycles. The number of pyridine rings is 1. The number of ether oxygens (including phenoxy) is 1. The molecule has 19 heavy (non-hydrogen) atoms. The first-order valence-corrected chi connectivity index (χ1v) is 5.80. The normalized spacial score (nSPS) is 9.95. The molecule has 2 rings (SSSR count). The van der Waals surface area contributed by atoms with Crippen LogP contribution in [0.15, 0.2) is 47.4 Å². The number of carbonyl (C=O) groups is 1. The Hall–Kier alpha value is -2.56. The van der Waals surface area contributed by atoms with Gasteiger partial charge in [-0.1, -0.05) is 18.2 Å². The van der Waals surface area contributed by atoms with Crippen molar-refractivity contribution in [3.05, 3.63) is 64.1 Å². The number of aromatic nitrogens is 1. The molecule has 1 heterocycles. The summed E-state index contributed by atoms with van der Waals surface area (Å²) in [5, 5.41) is 2.69. The van der Waals surface area contributed by atoms with E-state index in [0.29, 0.717) is 12.3 Å². The van der Waals surface area contributed by atoms with Crippen LogP contribution in [-0.4, -0.2) is 18.0 Å². The van der Waals surface area contributed by atoms with E-state index in [9.17, 15) is 9.59 Å². The molecule has 0 saturated carbocycles. The van der Waals surface area contributed by atoms with Crippen molar-refractivity contribution in [1.29, 1.82) is 0 Å². The minimum Gasteiger partial charge on any atom is -0.496 e. The molecular formula is C14H14N2O3. The van der Waals surface area contributed by atoms with Crippen molar-refractivity contribution >= 4 is 5.91 Å². The molecule has 98 valence electrons. The Kier molecular flexibility index (Phi) is 3.97. The molecule has 1 amide bonds. The molecular weight excluding hydrogens is 244 g/mol. The number of amides is 1. The fraction of sp³-hybridized carbons (Fsp3) is 0.143. The van der Waals surface area contributed by atoms with Crippen LogP contribution >= 0.6 is 0 Å². The van der Waals surface area contributed by atoms with Crippen molar-refractivity contribution in [1.82, 2.24) is 10.3 Å². The van der Waals surface area contributed by atoms with Crippen molar-refractivity contribution in [3.8, 4) is 5.75 Å². The van der Waals surface area contributed by atoms with Gasteiger partial charge in [-0.05, 0) is 18.2 Å². The van der Waals surface area contributed by atoms with Gasteiger partial charge in [0, 0.05) is 18.3 Å². The Bertz CT molecular complexity index is 634. The van der Waals surface area contributed by atoms with Crippen LogP contribution in [-0.2, 0) is 6.54 Å². The molecule has 0 aliphatic rings. The molecule has 2 aromatic rings. The summed E-state index contributed by atoms with van der Waals surface area (Å²) in [5.41, 5.74) is 0.545. The lowest BCUT2D eigenvalue weighted by atomic mass is 10.2. The highest BCUT2D eigenvalue weighted by molar-refractivity contribution is 5.93. The maximum atomic E-state index is 11.9. The van der Waals surface area contributed by atoms with Crippen LogP contribution < -0.4 is 15.6 Å². The standard InChI is InChI=1S/C14H14N2O3/c1-19-12-7-3-2-5-10(12)9-16-14(18)11-6-4-8-15-13(11)17/h2-8H,9H2,1H3,(H,15,17)(H,16,18). The lowest BCUT2D eigenvalue weighted by Crippen LogP contribution is -2.28. The van der Waals surface area contributed by atoms with Gasteiger partial charge in [-0.25, -0.2) is 0 Å². The highest BCUT2D eigenvalue weighted by Crippen LogP contribution is 2.16. The number of nitrogens with one attached hydrogen (secondary N) is 2. The van der Waals surface area contributed by atoms with Gasteiger partial charge >= 0.3 is 0 Å². The molecule has 0 spiro atoms. The summed E-state index contributed by atoms with van der Waals surface area (Å²) in [4.78, 5) is 25.8. The second kappa shape index (κ2) is 5.86. The molecule has 0 bridgehead atoms. The Balaban J connectivity index is 2.09. The summed E-state index contributed by atoms with van der Waals surface area (Å²) in [5.74, 6) is 0.289. The van der Waals surface area contributed by atoms with E-state index < -0.39 is 11.5 Å². The lowest BCUT2D eigenvalue weighted by molar-refractivity contribution is 0.0949. The molecule has 5 heteroatoms. The third-order valence-corrected chi connectivity index (χ3v) is 2.69. The third kappa shape index (κ3) is 3.01. The average molecular weight is 258 g/mol. The quantitative estimate of drug-likeness (QED) is 0.868. The monoisotopic (exact) mass is 258 g/mol. The van der Waals surface area contributed by atoms with Gasteiger partial charge in [-0.2, -0.15) is 0 Å². The molecule has 2 N–H and O–H groups in total. The number of H-pyrrole nitrogens is 1. The number of para-hydroxylation sites is 1. The fourth-order valence-electron chi connectivity index (χ4n) is 1.72. The predicted octanol–water partition coefficient (Wildman–Crippen LogP) is 1.31. The van der Waals surface area contributed by atoms with Crippen LogP contribution in [0.25, 0.3) is 0 Å². The van der Waals surface area contributed by atoms with E-state index in [0.717, 1.165) is 5.56 Å². The van der Waals surface area contributed by atoms with Gasteiger partial charge in [0.2, 0.25) is 0 Å². The maximum absolute atomic E-state index is 11.9. The summed E-state index contributed by atoms with van der Waals surface area (Å²) in [7, 11) is 1.57. The van der Waals surface area contributed by atoms with Crippen LogP contribution in [0.2, 0.25) is 0 Å². The molecule has 0 unspecified atom stereocenters. The molecule has 1 aromatic carbocycles. The Morgan fingerprint density at radius 1 is 1.26 bits per heavy atom. The second-order valence-corrected chi connectivity index (χ2v) is 3.91. The summed E-state index contributed by atoms with van der Waals surface area (Å²) < 4.78 is 5.19. The van der Waals surface area contributed by atoms with E-state index in [-0.39, 0.29) is 5.56 Å². The zero-order chi connectivity index (χ0) is 13.7. The van der Waals surface area contributed by atoms with Crippen LogP contribution in [0.3, 0.4) is 0 Å². The van der Waals surface area contributed by atoms with Crippen molar-refractivity contribution in [2.24, 2.45) is 0 Å². The number of rotatable bonds is 4. The van der Waals surface area contributed by atoms with Gasteiger partial charge in [-0.3, -0.25) is 9.59 Å². The van der Waals surface area contributed by atoms with E-state index in [1.54, 1.807) is 13.2 Å². The maximum Gasteiger partial charge on any atom is 0.260 e. The number of hydrogen-bond donors (Lipinski definition) is 2. The number of hydrogen-bond acceptors (Lipinski definition) is 3. The number of methoxy groups -OCH3 is 1. The highest BCUT2D eigenvalue weighted by atomic mass is 16.5. The highest BCUT2D eigenvalue weighted by Gasteiger charge is 2.10. The molecule has 5 nitrogen and oxygen atoms in total. The van der Waals surface area contributed by atoms with Crippen LogP contribution in [0.1, 0.15) is 15.9 Å². The predicted molar refractivity (Wildman–Crippen MR) is 71.2 cm³/mol. The Morgan fingerprint density at radius 2 is 2.05 bits per heavy atom. The van der Waals surface area contributed by atoms with Crippen molar-refractivity contribution in [2.45, 2.75) is 6.54 Å². The Morgan fingerprint density at radius 3 is 2.79 bits per heavy atom. The molecule has 0 saturated heterocycles. The van der Waals surface area contributed by atoms with Gasteiger partial charge in [-0.15, -0.1) is 0 Å². The van der Waals surface area contributed by atoms with Gasteiger partial charge in [0.05, 0.1) is 7.11 Å². The van der Waals surface area contributed by atoms with Gasteiger partial charge < -0.3 is 15.0 Å². The van der Waals surface area contributed by atoms with Crippen molar-refractivity contribution in [2.75, 3.05) is 7.11 Å². The average Bonchev–Trinajstić information content (AvgIpc) is 2.45. The first-order valence-electron chi connectivity index (χ1n) is 5.80. The minimum absolute atomic E-state index is 0.0948. The smallest absolute Gasteiger partial charge is 0.260 e. The molecule has 0 atom stereocenters. The van der Waals surface area contributed by atoms with Crippen LogP contribution in [0.5, 0.6) is 5.75 Å². The number of carbonyl (C=O) groups excluding carboxylic acids is 1. The summed E-state index contributed by atoms with van der Waals surface area (Å²) >= 11 is 0. The van der Waals surface area contributed by atoms with E-state index in [4.69, 9.17) is 4.74 Å². The van der Waals surface area contributed by atoms with Crippen molar-refractivity contribution in [3.63, 3.8) is 0 Å². The number of aromatic amines is 1. The zero-order valence-corrected chi connectivity index (χ0v) is 10.5. The zero-order valence-electron chi connectivity index (χ0n) is 10.5. The molecule has 0 aliphatic carbocycles. The van der Waals surface area contributed by atoms with Crippen LogP contribution in [0, 0.1) is 0 Å². The lowest BCUT2D eigenvalue weighted by Gasteiger charge is -2.09. The second-order valence-electron chi connectivity index (χ2n) is 3.91. The summed E-state index contributed by atoms with van der Waals surface area (Å²) in [6.45, 7) is 0.303. The third-order valence-electron chi connectivity index (χ3n) is 2.69. The summed E-state index contributed by atoms with van der Waals surface area (Å²) in [6.07, 6.45) is 1.49. The van der Waals surface area contributed by atoms with Gasteiger partial charge in [0.1, 0.15) is 11.3 Å². The SMILES string of the molecule is COc1ccccc1CNC(=O)c1ccc[nH]c1=O. The van der Waals surface area contributed by atoms with E-state index in [2.05, 4.69) is 10.3 Å². The molecule has 0 fully saturated rings. The van der Waals surface area contributed by atoms with E-state index in [1.807, 2.05) is 24.3 Å². The largest absolute Gasteiger partial charge is 0.496 e. The summed E-state index contributed by atoms with van der Waals surface area (Å²) in [6, 6.07) is 10.5. The van der Waals surface area contributed by atoms with Gasteiger partial charge in [0.25, 0.3) is 11.5 Å². The topological polar surface area (TPSA) is 71.2 Å². The molecule has 1 aromatic heterocycles. The first kappa shape index (κ1) is 12.9. The molecule has 0 radical (unpaired) electrons. The van der Waals surface area contributed by atoms with E-state index >= 15 is 0 Å². The minimum atomic E-state index is -0.409. The Labute approximate surface area is 110 Å².